The molecule has 0 fully saturated rings. The first-order chi connectivity index (χ1) is 11.0. The van der Waals surface area contributed by atoms with E-state index in [0.29, 0.717) is 19.6 Å². The number of nitrogens with one attached hydrogen (secondary N) is 2. The highest BCUT2D eigenvalue weighted by Gasteiger charge is 2.21. The molecular formula is C17H27N3O3. The second-order valence-electron chi connectivity index (χ2n) is 5.26. The van der Waals surface area contributed by atoms with Crippen molar-refractivity contribution in [1.29, 1.82) is 0 Å². The topological polar surface area (TPSA) is 70.7 Å². The van der Waals surface area contributed by atoms with E-state index < -0.39 is 0 Å². The molecule has 0 heterocycles. The van der Waals surface area contributed by atoms with Crippen LogP contribution in [0.15, 0.2) is 24.3 Å². The fraction of sp³-hybridized carbons (Fsp3) is 0.529. The zero-order valence-corrected chi connectivity index (χ0v) is 14.4. The Morgan fingerprint density at radius 2 is 1.83 bits per heavy atom. The van der Waals surface area contributed by atoms with E-state index in [1.54, 1.807) is 7.11 Å². The number of nitrogens with zero attached hydrogens (tertiary/aromatic N) is 1. The van der Waals surface area contributed by atoms with Gasteiger partial charge in [-0.1, -0.05) is 19.1 Å². The smallest absolute Gasteiger partial charge is 0.237 e. The lowest BCUT2D eigenvalue weighted by Crippen LogP contribution is -2.48. The molecule has 0 radical (unpaired) electrons. The van der Waals surface area contributed by atoms with Gasteiger partial charge in [-0.05, 0) is 38.1 Å². The van der Waals surface area contributed by atoms with Crippen molar-refractivity contribution in [3.05, 3.63) is 29.8 Å². The summed E-state index contributed by atoms with van der Waals surface area (Å²) < 4.78 is 5.10. The minimum Gasteiger partial charge on any atom is -0.497 e. The van der Waals surface area contributed by atoms with Gasteiger partial charge >= 0.3 is 0 Å². The standard InChI is InChI=1S/C17H27N3O3/c1-5-18-16(21)12-20(6-2)13(3)17(22)19-11-14-7-9-15(23-4)10-8-14/h7-10,13H,5-6,11-12H2,1-4H3,(H,18,21)(H,19,22)/t13-/m1/s1. The van der Waals surface area contributed by atoms with Crippen LogP contribution in [0.3, 0.4) is 0 Å². The van der Waals surface area contributed by atoms with Crippen molar-refractivity contribution in [3.63, 3.8) is 0 Å². The van der Waals surface area contributed by atoms with Gasteiger partial charge < -0.3 is 15.4 Å². The Balaban J connectivity index is 2.51. The van der Waals surface area contributed by atoms with Gasteiger partial charge in [0.2, 0.25) is 11.8 Å². The van der Waals surface area contributed by atoms with Crippen molar-refractivity contribution >= 4 is 11.8 Å². The summed E-state index contributed by atoms with van der Waals surface area (Å²) in [5.74, 6) is 0.628. The third-order valence-corrected chi connectivity index (χ3v) is 3.68. The van der Waals surface area contributed by atoms with E-state index in [1.165, 1.54) is 0 Å². The maximum atomic E-state index is 12.3. The molecule has 0 aliphatic rings. The molecule has 6 heteroatoms. The van der Waals surface area contributed by atoms with Crippen molar-refractivity contribution in [2.24, 2.45) is 0 Å². The Morgan fingerprint density at radius 3 is 2.35 bits per heavy atom. The summed E-state index contributed by atoms with van der Waals surface area (Å²) in [5.41, 5.74) is 0.998. The van der Waals surface area contributed by atoms with Crippen LogP contribution in [0.2, 0.25) is 0 Å². The predicted octanol–water partition coefficient (Wildman–Crippen LogP) is 1.16. The number of methoxy groups -OCH3 is 1. The van der Waals surface area contributed by atoms with Crippen LogP contribution in [-0.4, -0.2) is 49.5 Å². The van der Waals surface area contributed by atoms with Crippen LogP contribution in [0.1, 0.15) is 26.3 Å². The summed E-state index contributed by atoms with van der Waals surface area (Å²) in [4.78, 5) is 25.8. The van der Waals surface area contributed by atoms with Crippen LogP contribution in [0.4, 0.5) is 0 Å². The van der Waals surface area contributed by atoms with Crippen LogP contribution >= 0.6 is 0 Å². The molecule has 128 valence electrons. The molecule has 0 saturated carbocycles. The molecule has 6 nitrogen and oxygen atoms in total. The first kappa shape index (κ1) is 19.0. The van der Waals surface area contributed by atoms with Gasteiger partial charge in [0.25, 0.3) is 0 Å². The van der Waals surface area contributed by atoms with Crippen molar-refractivity contribution in [1.82, 2.24) is 15.5 Å². The maximum absolute atomic E-state index is 12.3. The number of carbonyl (C=O) groups is 2. The highest BCUT2D eigenvalue weighted by molar-refractivity contribution is 5.83. The van der Waals surface area contributed by atoms with Gasteiger partial charge in [0.05, 0.1) is 19.7 Å². The third-order valence-electron chi connectivity index (χ3n) is 3.68. The predicted molar refractivity (Wildman–Crippen MR) is 90.2 cm³/mol. The molecule has 2 amide bonds. The molecule has 2 N–H and O–H groups in total. The first-order valence-electron chi connectivity index (χ1n) is 7.93. The maximum Gasteiger partial charge on any atom is 0.237 e. The lowest BCUT2D eigenvalue weighted by molar-refractivity contribution is -0.128. The minimum absolute atomic E-state index is 0.0656. The molecule has 0 aromatic heterocycles. The van der Waals surface area contributed by atoms with Crippen LogP contribution in [0.5, 0.6) is 5.75 Å². The highest BCUT2D eigenvalue weighted by Crippen LogP contribution is 2.11. The molecule has 1 rings (SSSR count). The number of ether oxygens (including phenoxy) is 1. The fourth-order valence-corrected chi connectivity index (χ4v) is 2.21. The lowest BCUT2D eigenvalue weighted by atomic mass is 10.2. The molecule has 0 aliphatic carbocycles. The van der Waals surface area contributed by atoms with E-state index in [1.807, 2.05) is 49.9 Å². The Morgan fingerprint density at radius 1 is 1.17 bits per heavy atom. The molecule has 0 unspecified atom stereocenters. The van der Waals surface area contributed by atoms with E-state index >= 15 is 0 Å². The van der Waals surface area contributed by atoms with Gasteiger partial charge in [-0.25, -0.2) is 0 Å². The molecule has 0 spiro atoms. The molecule has 1 aromatic rings. The second-order valence-corrected chi connectivity index (χ2v) is 5.26. The zero-order valence-electron chi connectivity index (χ0n) is 14.4. The van der Waals surface area contributed by atoms with Gasteiger partial charge in [0.15, 0.2) is 0 Å². The molecule has 1 aromatic carbocycles. The van der Waals surface area contributed by atoms with Crippen molar-refractivity contribution in [2.45, 2.75) is 33.4 Å². The van der Waals surface area contributed by atoms with E-state index in [2.05, 4.69) is 10.6 Å². The summed E-state index contributed by atoms with van der Waals surface area (Å²) in [6.07, 6.45) is 0. The molecule has 23 heavy (non-hydrogen) atoms. The quantitative estimate of drug-likeness (QED) is 0.716. The van der Waals surface area contributed by atoms with Gasteiger partial charge in [-0.15, -0.1) is 0 Å². The van der Waals surface area contributed by atoms with Crippen molar-refractivity contribution in [3.8, 4) is 5.75 Å². The highest BCUT2D eigenvalue weighted by atomic mass is 16.5. The normalized spacial score (nSPS) is 11.9. The molecular weight excluding hydrogens is 294 g/mol. The van der Waals surface area contributed by atoms with Crippen LogP contribution in [-0.2, 0) is 16.1 Å². The average molecular weight is 321 g/mol. The third kappa shape index (κ3) is 6.28. The van der Waals surface area contributed by atoms with Crippen LogP contribution < -0.4 is 15.4 Å². The Bertz CT molecular complexity index is 502. The van der Waals surface area contributed by atoms with Gasteiger partial charge in [0, 0.05) is 13.1 Å². The number of hydrogen-bond donors (Lipinski definition) is 2. The number of hydrogen-bond acceptors (Lipinski definition) is 4. The van der Waals surface area contributed by atoms with E-state index in [9.17, 15) is 9.59 Å². The van der Waals surface area contributed by atoms with Crippen molar-refractivity contribution in [2.75, 3.05) is 26.7 Å². The number of benzene rings is 1. The number of rotatable bonds is 9. The number of likely N-dealkylation sites (N-methyl/N-ethyl adjacent to an activating group) is 2. The van der Waals surface area contributed by atoms with Crippen LogP contribution in [0, 0.1) is 0 Å². The monoisotopic (exact) mass is 321 g/mol. The van der Waals surface area contributed by atoms with E-state index in [4.69, 9.17) is 4.74 Å². The molecule has 0 aliphatic heterocycles. The number of carbonyl (C=O) groups excluding carboxylic acids is 2. The zero-order chi connectivity index (χ0) is 17.2. The lowest BCUT2D eigenvalue weighted by Gasteiger charge is -2.26. The first-order valence-corrected chi connectivity index (χ1v) is 7.93. The molecule has 0 saturated heterocycles. The Hall–Kier alpha value is -2.08. The minimum atomic E-state index is -0.360. The van der Waals surface area contributed by atoms with Gasteiger partial charge in [-0.2, -0.15) is 0 Å². The summed E-state index contributed by atoms with van der Waals surface area (Å²) in [6, 6.07) is 7.18. The summed E-state index contributed by atoms with van der Waals surface area (Å²) in [7, 11) is 1.62. The van der Waals surface area contributed by atoms with E-state index in [0.717, 1.165) is 11.3 Å². The summed E-state index contributed by atoms with van der Waals surface area (Å²) in [6.45, 7) is 7.52. The Labute approximate surface area is 138 Å². The van der Waals surface area contributed by atoms with Crippen LogP contribution in [0.25, 0.3) is 0 Å². The average Bonchev–Trinajstić information content (AvgIpc) is 2.57. The summed E-state index contributed by atoms with van der Waals surface area (Å²) >= 11 is 0. The largest absolute Gasteiger partial charge is 0.497 e. The Kier molecular flexibility index (Phi) is 8.11. The molecule has 0 bridgehead atoms. The van der Waals surface area contributed by atoms with E-state index in [-0.39, 0.29) is 24.4 Å². The SMILES string of the molecule is CCNC(=O)CN(CC)[C@H](C)C(=O)NCc1ccc(OC)cc1. The second kappa shape index (κ2) is 9.84. The van der Waals surface area contributed by atoms with Crippen molar-refractivity contribution < 1.29 is 14.3 Å². The van der Waals surface area contributed by atoms with Gasteiger partial charge in [0.1, 0.15) is 5.75 Å². The molecule has 1 atom stereocenters. The van der Waals surface area contributed by atoms with Gasteiger partial charge in [-0.3, -0.25) is 14.5 Å². The summed E-state index contributed by atoms with van der Waals surface area (Å²) in [5, 5.41) is 5.65. The number of amides is 2. The fourth-order valence-electron chi connectivity index (χ4n) is 2.21.